The van der Waals surface area contributed by atoms with Crippen molar-refractivity contribution < 1.29 is 9.53 Å². The van der Waals surface area contributed by atoms with Gasteiger partial charge in [0.15, 0.2) is 0 Å². The van der Waals surface area contributed by atoms with E-state index in [-0.39, 0.29) is 17.4 Å². The van der Waals surface area contributed by atoms with Crippen molar-refractivity contribution in [1.82, 2.24) is 5.32 Å². The molecule has 100 valence electrons. The highest BCUT2D eigenvalue weighted by atomic mass is 16.5. The van der Waals surface area contributed by atoms with Crippen LogP contribution in [0.25, 0.3) is 0 Å². The molecule has 0 unspecified atom stereocenters. The lowest BCUT2D eigenvalue weighted by Crippen LogP contribution is -2.45. The summed E-state index contributed by atoms with van der Waals surface area (Å²) in [6.07, 6.45) is 10.9. The number of nitrogens with one attached hydrogen (secondary N) is 1. The number of hydrogen-bond acceptors (Lipinski definition) is 3. The quantitative estimate of drug-likeness (QED) is 0.735. The minimum absolute atomic E-state index is 0.0262. The van der Waals surface area contributed by atoms with Crippen molar-refractivity contribution in [1.29, 1.82) is 0 Å². The average molecular weight is 249 g/mol. The molecule has 1 saturated carbocycles. The lowest BCUT2D eigenvalue weighted by Gasteiger charge is -2.26. The molecule has 1 fully saturated rings. The molecule has 0 atom stereocenters. The van der Waals surface area contributed by atoms with Crippen LogP contribution in [0.2, 0.25) is 0 Å². The summed E-state index contributed by atoms with van der Waals surface area (Å²) < 4.78 is 5.33. The summed E-state index contributed by atoms with van der Waals surface area (Å²) in [6, 6.07) is 0. The third kappa shape index (κ3) is 4.30. The highest BCUT2D eigenvalue weighted by Gasteiger charge is 2.32. The number of esters is 1. The predicted octanol–water partition coefficient (Wildman–Crippen LogP) is 2.58. The Balaban J connectivity index is 1.70. The van der Waals surface area contributed by atoms with Gasteiger partial charge in [-0.1, -0.05) is 18.2 Å². The summed E-state index contributed by atoms with van der Waals surface area (Å²) in [7, 11) is 0. The molecule has 2 rings (SSSR count). The van der Waals surface area contributed by atoms with Gasteiger partial charge in [0, 0.05) is 12.1 Å². The van der Waals surface area contributed by atoms with E-state index in [9.17, 15) is 4.79 Å². The summed E-state index contributed by atoms with van der Waals surface area (Å²) >= 11 is 0. The highest BCUT2D eigenvalue weighted by Crippen LogP contribution is 2.30. The first-order valence-electron chi connectivity index (χ1n) is 6.84. The van der Waals surface area contributed by atoms with Gasteiger partial charge in [0.1, 0.15) is 6.61 Å². The average Bonchev–Trinajstić information content (AvgIpc) is 3.19. The maximum absolute atomic E-state index is 11.5. The van der Waals surface area contributed by atoms with Gasteiger partial charge in [-0.05, 0) is 45.1 Å². The number of rotatable bonds is 6. The molecular formula is C15H23NO2. The summed E-state index contributed by atoms with van der Waals surface area (Å²) in [5, 5.41) is 3.45. The number of hydrogen-bond donors (Lipinski definition) is 1. The SMILES string of the molecule is CC(C)(COC(=O)C1CC1)NCC1=CCCC=C1. The van der Waals surface area contributed by atoms with E-state index in [1.165, 1.54) is 5.57 Å². The Labute approximate surface area is 109 Å². The van der Waals surface area contributed by atoms with E-state index in [4.69, 9.17) is 4.74 Å². The van der Waals surface area contributed by atoms with Crippen molar-refractivity contribution >= 4 is 5.97 Å². The molecule has 0 saturated heterocycles. The number of ether oxygens (including phenoxy) is 1. The highest BCUT2D eigenvalue weighted by molar-refractivity contribution is 5.74. The lowest BCUT2D eigenvalue weighted by atomic mass is 10.0. The van der Waals surface area contributed by atoms with Gasteiger partial charge in [-0.2, -0.15) is 0 Å². The summed E-state index contributed by atoms with van der Waals surface area (Å²) in [6.45, 7) is 5.42. The predicted molar refractivity (Wildman–Crippen MR) is 72.2 cm³/mol. The van der Waals surface area contributed by atoms with Gasteiger partial charge < -0.3 is 10.1 Å². The Kier molecular flexibility index (Phi) is 4.23. The number of allylic oxidation sites excluding steroid dienone is 2. The fraction of sp³-hybridized carbons (Fsp3) is 0.667. The van der Waals surface area contributed by atoms with E-state index in [0.29, 0.717) is 6.61 Å². The summed E-state index contributed by atoms with van der Waals surface area (Å²) in [4.78, 5) is 11.5. The monoisotopic (exact) mass is 249 g/mol. The molecule has 18 heavy (non-hydrogen) atoms. The Bertz CT molecular complexity index is 365. The first kappa shape index (κ1) is 13.3. The fourth-order valence-corrected chi connectivity index (χ4v) is 1.88. The van der Waals surface area contributed by atoms with Crippen molar-refractivity contribution in [2.75, 3.05) is 13.2 Å². The third-order valence-electron chi connectivity index (χ3n) is 3.33. The summed E-state index contributed by atoms with van der Waals surface area (Å²) in [5.41, 5.74) is 1.15. The van der Waals surface area contributed by atoms with Crippen LogP contribution in [-0.2, 0) is 9.53 Å². The zero-order valence-corrected chi connectivity index (χ0v) is 11.4. The molecule has 2 aliphatic rings. The van der Waals surface area contributed by atoms with Crippen LogP contribution in [-0.4, -0.2) is 24.7 Å². The topological polar surface area (TPSA) is 38.3 Å². The first-order valence-corrected chi connectivity index (χ1v) is 6.84. The van der Waals surface area contributed by atoms with E-state index < -0.39 is 0 Å². The van der Waals surface area contributed by atoms with Gasteiger partial charge in [-0.15, -0.1) is 0 Å². The molecule has 0 radical (unpaired) electrons. The second-order valence-corrected chi connectivity index (χ2v) is 5.88. The van der Waals surface area contributed by atoms with Crippen LogP contribution in [0.5, 0.6) is 0 Å². The van der Waals surface area contributed by atoms with Crippen LogP contribution >= 0.6 is 0 Å². The maximum Gasteiger partial charge on any atom is 0.308 e. The van der Waals surface area contributed by atoms with Crippen LogP contribution in [0.3, 0.4) is 0 Å². The van der Waals surface area contributed by atoms with Gasteiger partial charge in [0.25, 0.3) is 0 Å². The van der Waals surface area contributed by atoms with Gasteiger partial charge >= 0.3 is 5.97 Å². The van der Waals surface area contributed by atoms with E-state index in [1.54, 1.807) is 0 Å². The van der Waals surface area contributed by atoms with E-state index >= 15 is 0 Å². The lowest BCUT2D eigenvalue weighted by molar-refractivity contribution is -0.147. The standard InChI is InChI=1S/C15H23NO2/c1-15(2,11-18-14(17)13-8-9-13)16-10-12-6-4-3-5-7-12/h4,6-7,13,16H,3,5,8-11H2,1-2H3. The molecule has 3 nitrogen and oxygen atoms in total. The van der Waals surface area contributed by atoms with Crippen LogP contribution in [0.1, 0.15) is 39.5 Å². The second-order valence-electron chi connectivity index (χ2n) is 5.88. The van der Waals surface area contributed by atoms with Gasteiger partial charge in [0.2, 0.25) is 0 Å². The molecule has 0 bridgehead atoms. The van der Waals surface area contributed by atoms with E-state index in [2.05, 4.69) is 37.4 Å². The van der Waals surface area contributed by atoms with Crippen molar-refractivity contribution in [3.63, 3.8) is 0 Å². The minimum atomic E-state index is -0.170. The maximum atomic E-state index is 11.5. The number of carbonyl (C=O) groups excluding carboxylic acids is 1. The molecule has 1 N–H and O–H groups in total. The molecular weight excluding hydrogens is 226 g/mol. The van der Waals surface area contributed by atoms with E-state index in [0.717, 1.165) is 32.2 Å². The molecule has 3 heteroatoms. The zero-order valence-electron chi connectivity index (χ0n) is 11.4. The number of carbonyl (C=O) groups is 1. The molecule has 2 aliphatic carbocycles. The van der Waals surface area contributed by atoms with Crippen molar-refractivity contribution in [2.24, 2.45) is 5.92 Å². The van der Waals surface area contributed by atoms with Crippen molar-refractivity contribution in [3.05, 3.63) is 23.8 Å². The Morgan fingerprint density at radius 3 is 2.83 bits per heavy atom. The minimum Gasteiger partial charge on any atom is -0.464 e. The van der Waals surface area contributed by atoms with E-state index in [1.807, 2.05) is 0 Å². The van der Waals surface area contributed by atoms with Gasteiger partial charge in [-0.25, -0.2) is 0 Å². The van der Waals surface area contributed by atoms with Crippen LogP contribution < -0.4 is 5.32 Å². The van der Waals surface area contributed by atoms with Crippen LogP contribution in [0.4, 0.5) is 0 Å². The molecule has 0 heterocycles. The van der Waals surface area contributed by atoms with Crippen LogP contribution in [0.15, 0.2) is 23.8 Å². The molecule has 0 aromatic heterocycles. The Morgan fingerprint density at radius 2 is 2.22 bits per heavy atom. The smallest absolute Gasteiger partial charge is 0.308 e. The Hall–Kier alpha value is -1.09. The normalized spacial score (nSPS) is 19.6. The third-order valence-corrected chi connectivity index (χ3v) is 3.33. The van der Waals surface area contributed by atoms with Crippen LogP contribution in [0, 0.1) is 5.92 Å². The fourth-order valence-electron chi connectivity index (χ4n) is 1.88. The van der Waals surface area contributed by atoms with Crippen molar-refractivity contribution in [3.8, 4) is 0 Å². The Morgan fingerprint density at radius 1 is 1.44 bits per heavy atom. The molecule has 0 aliphatic heterocycles. The molecule has 0 amide bonds. The molecule has 0 aromatic carbocycles. The largest absolute Gasteiger partial charge is 0.464 e. The van der Waals surface area contributed by atoms with Gasteiger partial charge in [-0.3, -0.25) is 4.79 Å². The van der Waals surface area contributed by atoms with Gasteiger partial charge in [0.05, 0.1) is 5.92 Å². The zero-order chi connectivity index (χ0) is 13.0. The summed E-state index contributed by atoms with van der Waals surface area (Å²) in [5.74, 6) is 0.159. The van der Waals surface area contributed by atoms with Crippen molar-refractivity contribution in [2.45, 2.75) is 45.1 Å². The first-order chi connectivity index (χ1) is 8.57. The molecule has 0 aromatic rings. The second kappa shape index (κ2) is 5.70. The molecule has 0 spiro atoms.